The number of rotatable bonds is 7. The van der Waals surface area contributed by atoms with Crippen LogP contribution in [0.3, 0.4) is 0 Å². The minimum absolute atomic E-state index is 0.190. The summed E-state index contributed by atoms with van der Waals surface area (Å²) in [6.45, 7) is 0. The molecule has 2 rings (SSSR count). The number of carbonyl (C=O) groups is 2. The van der Waals surface area contributed by atoms with Gasteiger partial charge in [-0.1, -0.05) is 42.5 Å². The Kier molecular flexibility index (Phi) is 5.74. The highest BCUT2D eigenvalue weighted by molar-refractivity contribution is 5.86. The maximum atomic E-state index is 12.0. The van der Waals surface area contributed by atoms with Crippen LogP contribution in [0.2, 0.25) is 0 Å². The summed E-state index contributed by atoms with van der Waals surface area (Å²) in [6, 6.07) is 15.4. The van der Waals surface area contributed by atoms with E-state index in [1.807, 2.05) is 30.3 Å². The summed E-state index contributed by atoms with van der Waals surface area (Å²) in [5.74, 6) is -0.584. The van der Waals surface area contributed by atoms with Crippen molar-refractivity contribution in [3.8, 4) is 5.75 Å². The molecule has 2 aromatic carbocycles. The standard InChI is InChI=1S/C18H20N2O3/c19-18(23)16(12-14-4-2-1-3-5-14)20-17(22)11-8-13-6-9-15(21)10-7-13/h1-7,9-10,16,21H,8,11-12H2,(H2,19,23)(H,20,22). The van der Waals surface area contributed by atoms with Crippen molar-refractivity contribution in [2.24, 2.45) is 5.73 Å². The lowest BCUT2D eigenvalue weighted by Gasteiger charge is -2.15. The van der Waals surface area contributed by atoms with E-state index in [9.17, 15) is 14.7 Å². The molecule has 120 valence electrons. The maximum Gasteiger partial charge on any atom is 0.240 e. The molecule has 1 unspecified atom stereocenters. The fraction of sp³-hybridized carbons (Fsp3) is 0.222. The molecular formula is C18H20N2O3. The van der Waals surface area contributed by atoms with E-state index in [-0.39, 0.29) is 18.1 Å². The minimum Gasteiger partial charge on any atom is -0.508 e. The van der Waals surface area contributed by atoms with Crippen molar-refractivity contribution in [1.29, 1.82) is 0 Å². The number of phenols is 1. The highest BCUT2D eigenvalue weighted by Crippen LogP contribution is 2.11. The lowest BCUT2D eigenvalue weighted by Crippen LogP contribution is -2.45. The first-order valence-corrected chi connectivity index (χ1v) is 7.45. The Morgan fingerprint density at radius 1 is 1.00 bits per heavy atom. The molecule has 0 spiro atoms. The molecule has 0 saturated carbocycles. The molecule has 0 saturated heterocycles. The first-order chi connectivity index (χ1) is 11.0. The van der Waals surface area contributed by atoms with Gasteiger partial charge >= 0.3 is 0 Å². The highest BCUT2D eigenvalue weighted by atomic mass is 16.3. The zero-order chi connectivity index (χ0) is 16.7. The number of hydrogen-bond acceptors (Lipinski definition) is 3. The first kappa shape index (κ1) is 16.5. The molecule has 2 amide bonds. The topological polar surface area (TPSA) is 92.4 Å². The Bertz CT molecular complexity index is 654. The van der Waals surface area contributed by atoms with E-state index < -0.39 is 11.9 Å². The van der Waals surface area contributed by atoms with Crippen LogP contribution in [-0.4, -0.2) is 23.0 Å². The number of benzene rings is 2. The third-order valence-electron chi connectivity index (χ3n) is 3.54. The molecule has 0 aliphatic carbocycles. The zero-order valence-corrected chi connectivity index (χ0v) is 12.7. The van der Waals surface area contributed by atoms with Crippen LogP contribution in [0.25, 0.3) is 0 Å². The van der Waals surface area contributed by atoms with Crippen LogP contribution in [0, 0.1) is 0 Å². The monoisotopic (exact) mass is 312 g/mol. The predicted molar refractivity (Wildman–Crippen MR) is 87.7 cm³/mol. The predicted octanol–water partition coefficient (Wildman–Crippen LogP) is 1.54. The second-order valence-electron chi connectivity index (χ2n) is 5.38. The summed E-state index contributed by atoms with van der Waals surface area (Å²) in [6.07, 6.45) is 1.16. The molecule has 0 radical (unpaired) electrons. The van der Waals surface area contributed by atoms with E-state index in [1.165, 1.54) is 0 Å². The van der Waals surface area contributed by atoms with Gasteiger partial charge in [-0.2, -0.15) is 0 Å². The van der Waals surface area contributed by atoms with Gasteiger partial charge in [0.2, 0.25) is 11.8 Å². The Balaban J connectivity index is 1.88. The van der Waals surface area contributed by atoms with E-state index in [0.29, 0.717) is 12.8 Å². The Hall–Kier alpha value is -2.82. The second-order valence-corrected chi connectivity index (χ2v) is 5.38. The van der Waals surface area contributed by atoms with Crippen LogP contribution in [0.15, 0.2) is 54.6 Å². The number of primary amides is 1. The quantitative estimate of drug-likeness (QED) is 0.724. The van der Waals surface area contributed by atoms with E-state index in [1.54, 1.807) is 24.3 Å². The number of carbonyl (C=O) groups excluding carboxylic acids is 2. The minimum atomic E-state index is -0.718. The van der Waals surface area contributed by atoms with Crippen molar-refractivity contribution in [1.82, 2.24) is 5.32 Å². The van der Waals surface area contributed by atoms with Gasteiger partial charge in [-0.3, -0.25) is 9.59 Å². The van der Waals surface area contributed by atoms with Gasteiger partial charge in [-0.15, -0.1) is 0 Å². The Labute approximate surface area is 135 Å². The van der Waals surface area contributed by atoms with E-state index in [4.69, 9.17) is 5.73 Å². The van der Waals surface area contributed by atoms with Crippen LogP contribution in [0.4, 0.5) is 0 Å². The number of phenolic OH excluding ortho intramolecular Hbond substituents is 1. The third kappa shape index (κ3) is 5.47. The lowest BCUT2D eigenvalue weighted by atomic mass is 10.0. The smallest absolute Gasteiger partial charge is 0.240 e. The fourth-order valence-electron chi connectivity index (χ4n) is 2.26. The van der Waals surface area contributed by atoms with Gasteiger partial charge < -0.3 is 16.2 Å². The maximum absolute atomic E-state index is 12.0. The van der Waals surface area contributed by atoms with Gasteiger partial charge in [0.05, 0.1) is 0 Å². The summed E-state index contributed by atoms with van der Waals surface area (Å²) in [4.78, 5) is 23.6. The molecular weight excluding hydrogens is 292 g/mol. The molecule has 0 aromatic heterocycles. The number of nitrogens with one attached hydrogen (secondary N) is 1. The van der Waals surface area contributed by atoms with Gasteiger partial charge in [-0.25, -0.2) is 0 Å². The number of amides is 2. The fourth-order valence-corrected chi connectivity index (χ4v) is 2.26. The van der Waals surface area contributed by atoms with Gasteiger partial charge in [0, 0.05) is 12.8 Å². The van der Waals surface area contributed by atoms with Crippen molar-refractivity contribution < 1.29 is 14.7 Å². The van der Waals surface area contributed by atoms with Crippen LogP contribution >= 0.6 is 0 Å². The van der Waals surface area contributed by atoms with Gasteiger partial charge in [0.1, 0.15) is 11.8 Å². The van der Waals surface area contributed by atoms with E-state index in [2.05, 4.69) is 5.32 Å². The van der Waals surface area contributed by atoms with Crippen LogP contribution in [0.5, 0.6) is 5.75 Å². The zero-order valence-electron chi connectivity index (χ0n) is 12.7. The van der Waals surface area contributed by atoms with Crippen molar-refractivity contribution in [2.45, 2.75) is 25.3 Å². The third-order valence-corrected chi connectivity index (χ3v) is 3.54. The van der Waals surface area contributed by atoms with Crippen LogP contribution in [-0.2, 0) is 22.4 Å². The number of nitrogens with two attached hydrogens (primary N) is 1. The van der Waals surface area contributed by atoms with Crippen LogP contribution < -0.4 is 11.1 Å². The summed E-state index contributed by atoms with van der Waals surface area (Å²) >= 11 is 0. The van der Waals surface area contributed by atoms with Gasteiger partial charge in [0.15, 0.2) is 0 Å². The molecule has 0 aliphatic heterocycles. The summed E-state index contributed by atoms with van der Waals surface area (Å²) in [7, 11) is 0. The number of aryl methyl sites for hydroxylation is 1. The molecule has 0 fully saturated rings. The SMILES string of the molecule is NC(=O)C(Cc1ccccc1)NC(=O)CCc1ccc(O)cc1. The van der Waals surface area contributed by atoms with Gasteiger partial charge in [-0.05, 0) is 29.7 Å². The number of hydrogen-bond donors (Lipinski definition) is 3. The average molecular weight is 312 g/mol. The van der Waals surface area contributed by atoms with Crippen molar-refractivity contribution in [3.05, 3.63) is 65.7 Å². The van der Waals surface area contributed by atoms with Gasteiger partial charge in [0.25, 0.3) is 0 Å². The van der Waals surface area contributed by atoms with E-state index in [0.717, 1.165) is 11.1 Å². The van der Waals surface area contributed by atoms with E-state index >= 15 is 0 Å². The molecule has 0 aliphatic rings. The molecule has 5 heteroatoms. The normalized spacial score (nSPS) is 11.7. The summed E-state index contributed by atoms with van der Waals surface area (Å²) < 4.78 is 0. The molecule has 0 heterocycles. The average Bonchev–Trinajstić information content (AvgIpc) is 2.54. The van der Waals surface area contributed by atoms with Crippen molar-refractivity contribution in [3.63, 3.8) is 0 Å². The van der Waals surface area contributed by atoms with Crippen molar-refractivity contribution in [2.75, 3.05) is 0 Å². The molecule has 4 N–H and O–H groups in total. The molecule has 0 bridgehead atoms. The van der Waals surface area contributed by atoms with Crippen LogP contribution in [0.1, 0.15) is 17.5 Å². The Morgan fingerprint density at radius 2 is 1.65 bits per heavy atom. The highest BCUT2D eigenvalue weighted by Gasteiger charge is 2.18. The molecule has 23 heavy (non-hydrogen) atoms. The summed E-state index contributed by atoms with van der Waals surface area (Å²) in [5, 5.41) is 11.9. The molecule has 1 atom stereocenters. The number of aromatic hydroxyl groups is 1. The molecule has 2 aromatic rings. The largest absolute Gasteiger partial charge is 0.508 e. The first-order valence-electron chi connectivity index (χ1n) is 7.45. The molecule has 5 nitrogen and oxygen atoms in total. The Morgan fingerprint density at radius 3 is 2.26 bits per heavy atom. The lowest BCUT2D eigenvalue weighted by molar-refractivity contribution is -0.127. The second kappa shape index (κ2) is 7.98. The van der Waals surface area contributed by atoms with Crippen molar-refractivity contribution >= 4 is 11.8 Å². The summed E-state index contributed by atoms with van der Waals surface area (Å²) in [5.41, 5.74) is 7.26.